The van der Waals surface area contributed by atoms with E-state index >= 15 is 0 Å². The van der Waals surface area contributed by atoms with Gasteiger partial charge in [-0.1, -0.05) is 12.1 Å². The number of nitro benzene ring substituents is 1. The predicted molar refractivity (Wildman–Crippen MR) is 98.5 cm³/mol. The summed E-state index contributed by atoms with van der Waals surface area (Å²) in [5.41, 5.74) is -0.175. The Morgan fingerprint density at radius 1 is 1.25 bits per heavy atom. The molecular formula is C16H18N4O7S. The van der Waals surface area contributed by atoms with E-state index < -0.39 is 34.6 Å². The Morgan fingerprint density at radius 2 is 1.89 bits per heavy atom. The van der Waals surface area contributed by atoms with Crippen molar-refractivity contribution in [3.05, 3.63) is 46.5 Å². The van der Waals surface area contributed by atoms with E-state index in [2.05, 4.69) is 10.0 Å². The van der Waals surface area contributed by atoms with Crippen molar-refractivity contribution in [2.24, 2.45) is 0 Å². The molecule has 2 rings (SSSR count). The van der Waals surface area contributed by atoms with Gasteiger partial charge in [0, 0.05) is 24.7 Å². The van der Waals surface area contributed by atoms with Crippen molar-refractivity contribution >= 4 is 29.5 Å². The summed E-state index contributed by atoms with van der Waals surface area (Å²) in [4.78, 5) is 40.0. The van der Waals surface area contributed by atoms with Crippen molar-refractivity contribution in [2.75, 3.05) is 6.54 Å². The number of hydrogen-bond acceptors (Lipinski definition) is 9. The van der Waals surface area contributed by atoms with Crippen LogP contribution in [0.2, 0.25) is 0 Å². The summed E-state index contributed by atoms with van der Waals surface area (Å²) in [6.45, 7) is 2.05. The van der Waals surface area contributed by atoms with Crippen LogP contribution < -0.4 is 14.9 Å². The predicted octanol–water partition coefficient (Wildman–Crippen LogP) is 0.954. The molecule has 1 aromatic carbocycles. The summed E-state index contributed by atoms with van der Waals surface area (Å²) in [6, 6.07) is 6.86. The molecule has 0 aliphatic carbocycles. The Labute approximate surface area is 163 Å². The molecule has 0 saturated carbocycles. The number of rotatable bonds is 9. The molecule has 4 N–H and O–H groups in total. The van der Waals surface area contributed by atoms with Gasteiger partial charge in [-0.3, -0.25) is 14.9 Å². The van der Waals surface area contributed by atoms with Gasteiger partial charge in [0.2, 0.25) is 17.7 Å². The van der Waals surface area contributed by atoms with Crippen LogP contribution in [0, 0.1) is 10.1 Å². The minimum Gasteiger partial charge on any atom is -0.492 e. The van der Waals surface area contributed by atoms with Crippen LogP contribution in [0.15, 0.2) is 41.3 Å². The second kappa shape index (κ2) is 9.62. The standard InChI is InChI=1S/C16H18N4O7S/c1-2-17-13(21)9-10(16(24)27-19-14(22)7-8-15(19)23)18-28-12-6-4-3-5-11(12)20(25)26/h3-8,10,18,22-23H,2,9H2,1H3,(H,17,21). The first-order valence-electron chi connectivity index (χ1n) is 8.07. The molecule has 0 aliphatic heterocycles. The molecule has 150 valence electrons. The summed E-state index contributed by atoms with van der Waals surface area (Å²) < 4.78 is 3.16. The fourth-order valence-electron chi connectivity index (χ4n) is 2.11. The quantitative estimate of drug-likeness (QED) is 0.268. The van der Waals surface area contributed by atoms with E-state index in [-0.39, 0.29) is 17.0 Å². The van der Waals surface area contributed by atoms with Crippen LogP contribution in [0.3, 0.4) is 0 Å². The van der Waals surface area contributed by atoms with Crippen molar-refractivity contribution in [2.45, 2.75) is 24.3 Å². The zero-order valence-electron chi connectivity index (χ0n) is 14.7. The van der Waals surface area contributed by atoms with Crippen molar-refractivity contribution in [1.29, 1.82) is 0 Å². The van der Waals surface area contributed by atoms with E-state index in [1.165, 1.54) is 18.2 Å². The average molecular weight is 410 g/mol. The van der Waals surface area contributed by atoms with Crippen LogP contribution in [0.4, 0.5) is 5.69 Å². The van der Waals surface area contributed by atoms with Crippen molar-refractivity contribution in [1.82, 2.24) is 14.8 Å². The molecule has 12 heteroatoms. The van der Waals surface area contributed by atoms with Crippen molar-refractivity contribution < 1.29 is 29.6 Å². The van der Waals surface area contributed by atoms with E-state index in [9.17, 15) is 29.9 Å². The minimum atomic E-state index is -1.22. The fourth-order valence-corrected chi connectivity index (χ4v) is 2.95. The molecule has 1 aromatic heterocycles. The van der Waals surface area contributed by atoms with Gasteiger partial charge in [-0.05, 0) is 24.9 Å². The molecule has 0 fully saturated rings. The second-order valence-electron chi connectivity index (χ2n) is 5.41. The molecular weight excluding hydrogens is 392 g/mol. The van der Waals surface area contributed by atoms with E-state index in [0.717, 1.165) is 24.1 Å². The van der Waals surface area contributed by atoms with Gasteiger partial charge in [0.25, 0.3) is 5.69 Å². The third kappa shape index (κ3) is 5.37. The Kier molecular flexibility index (Phi) is 7.23. The number of aromatic nitrogens is 1. The summed E-state index contributed by atoms with van der Waals surface area (Å²) in [5, 5.41) is 32.8. The zero-order valence-corrected chi connectivity index (χ0v) is 15.5. The SMILES string of the molecule is CCNC(=O)CC(NSc1ccccc1[N+](=O)[O-])C(=O)On1c(O)ccc1O. The summed E-state index contributed by atoms with van der Waals surface area (Å²) in [5.74, 6) is -2.48. The first-order chi connectivity index (χ1) is 13.3. The maximum atomic E-state index is 12.4. The molecule has 28 heavy (non-hydrogen) atoms. The number of nitro groups is 1. The number of nitrogens with zero attached hydrogens (tertiary/aromatic N) is 2. The van der Waals surface area contributed by atoms with Gasteiger partial charge in [-0.25, -0.2) is 9.52 Å². The third-order valence-electron chi connectivity index (χ3n) is 3.40. The molecule has 0 spiro atoms. The smallest absolute Gasteiger partial charge is 0.351 e. The molecule has 1 unspecified atom stereocenters. The maximum absolute atomic E-state index is 12.4. The number of amides is 1. The first-order valence-corrected chi connectivity index (χ1v) is 8.89. The Balaban J connectivity index is 2.16. The van der Waals surface area contributed by atoms with Gasteiger partial charge in [0.15, 0.2) is 0 Å². The molecule has 0 aliphatic rings. The van der Waals surface area contributed by atoms with Gasteiger partial charge < -0.3 is 20.4 Å². The molecule has 0 saturated heterocycles. The lowest BCUT2D eigenvalue weighted by molar-refractivity contribution is -0.387. The van der Waals surface area contributed by atoms with E-state index in [0.29, 0.717) is 11.3 Å². The van der Waals surface area contributed by atoms with Crippen LogP contribution in [-0.4, -0.2) is 44.3 Å². The highest BCUT2D eigenvalue weighted by Gasteiger charge is 2.27. The normalized spacial score (nSPS) is 11.6. The summed E-state index contributed by atoms with van der Waals surface area (Å²) >= 11 is 0.786. The fraction of sp³-hybridized carbons (Fsp3) is 0.250. The lowest BCUT2D eigenvalue weighted by Gasteiger charge is -2.17. The van der Waals surface area contributed by atoms with Crippen LogP contribution in [0.1, 0.15) is 13.3 Å². The molecule has 1 amide bonds. The van der Waals surface area contributed by atoms with E-state index in [1.54, 1.807) is 13.0 Å². The molecule has 11 nitrogen and oxygen atoms in total. The Bertz CT molecular complexity index is 851. The molecule has 0 bridgehead atoms. The molecule has 0 radical (unpaired) electrons. The Hall–Kier alpha value is -3.25. The second-order valence-corrected chi connectivity index (χ2v) is 6.29. The lowest BCUT2D eigenvalue weighted by Crippen LogP contribution is -2.42. The van der Waals surface area contributed by atoms with Gasteiger partial charge in [-0.15, -0.1) is 4.73 Å². The number of benzene rings is 1. The summed E-state index contributed by atoms with van der Waals surface area (Å²) in [6.07, 6.45) is -0.330. The van der Waals surface area contributed by atoms with Crippen molar-refractivity contribution in [3.63, 3.8) is 0 Å². The van der Waals surface area contributed by atoms with Crippen molar-refractivity contribution in [3.8, 4) is 11.8 Å². The third-order valence-corrected chi connectivity index (χ3v) is 4.37. The number of hydrogen-bond donors (Lipinski definition) is 4. The highest BCUT2D eigenvalue weighted by molar-refractivity contribution is 7.97. The first kappa shape index (κ1) is 21.1. The van der Waals surface area contributed by atoms with Gasteiger partial charge >= 0.3 is 5.97 Å². The highest BCUT2D eigenvalue weighted by Crippen LogP contribution is 2.27. The van der Waals surface area contributed by atoms with Crippen LogP contribution in [0.5, 0.6) is 11.8 Å². The lowest BCUT2D eigenvalue weighted by atomic mass is 10.2. The number of nitrogens with one attached hydrogen (secondary N) is 2. The maximum Gasteiger partial charge on any atom is 0.351 e. The number of carbonyl (C=O) groups excluding carboxylic acids is 2. The summed E-state index contributed by atoms with van der Waals surface area (Å²) in [7, 11) is 0. The zero-order chi connectivity index (χ0) is 20.7. The van der Waals surface area contributed by atoms with Crippen LogP contribution >= 0.6 is 11.9 Å². The van der Waals surface area contributed by atoms with Gasteiger partial charge in [0.1, 0.15) is 10.9 Å². The molecule has 1 atom stereocenters. The van der Waals surface area contributed by atoms with Crippen LogP contribution in [-0.2, 0) is 9.59 Å². The number of aromatic hydroxyl groups is 2. The van der Waals surface area contributed by atoms with E-state index in [4.69, 9.17) is 4.84 Å². The van der Waals surface area contributed by atoms with Crippen LogP contribution in [0.25, 0.3) is 0 Å². The minimum absolute atomic E-state index is 0.175. The largest absolute Gasteiger partial charge is 0.492 e. The number of carbonyl (C=O) groups is 2. The Morgan fingerprint density at radius 3 is 2.50 bits per heavy atom. The number of para-hydroxylation sites is 1. The average Bonchev–Trinajstić information content (AvgIpc) is 2.97. The van der Waals surface area contributed by atoms with E-state index in [1.807, 2.05) is 0 Å². The topological polar surface area (TPSA) is 156 Å². The highest BCUT2D eigenvalue weighted by atomic mass is 32.2. The van der Waals surface area contributed by atoms with Gasteiger partial charge in [0.05, 0.1) is 11.3 Å². The van der Waals surface area contributed by atoms with Gasteiger partial charge in [-0.2, -0.15) is 0 Å². The molecule has 1 heterocycles. The molecule has 2 aromatic rings. The monoisotopic (exact) mass is 410 g/mol.